The van der Waals surface area contributed by atoms with Crippen LogP contribution >= 0.6 is 0 Å². The Kier molecular flexibility index (Phi) is 3.99. The Morgan fingerprint density at radius 2 is 1.22 bits per heavy atom. The second-order valence-electron chi connectivity index (χ2n) is 6.08. The lowest BCUT2D eigenvalue weighted by molar-refractivity contribution is 0.242. The Hall–Kier alpha value is -2.49. The summed E-state index contributed by atoms with van der Waals surface area (Å²) < 4.78 is 17.2. The summed E-state index contributed by atoms with van der Waals surface area (Å²) in [6, 6.07) is 10.6. The van der Waals surface area contributed by atoms with Crippen LogP contribution in [0.5, 0.6) is 11.5 Å². The SMILES string of the molecule is CC(C)Oc1ccc2c(=O)c3ccc(OC(C)C)cc3oc2c1. The Labute approximate surface area is 134 Å². The molecule has 0 radical (unpaired) electrons. The van der Waals surface area contributed by atoms with Crippen molar-refractivity contribution in [3.8, 4) is 11.5 Å². The average molecular weight is 312 g/mol. The molecule has 120 valence electrons. The number of hydrogen-bond acceptors (Lipinski definition) is 4. The second kappa shape index (κ2) is 5.95. The molecule has 1 heterocycles. The number of hydrogen-bond donors (Lipinski definition) is 0. The van der Waals surface area contributed by atoms with E-state index >= 15 is 0 Å². The van der Waals surface area contributed by atoms with Crippen molar-refractivity contribution in [2.45, 2.75) is 39.9 Å². The molecule has 0 unspecified atom stereocenters. The zero-order valence-electron chi connectivity index (χ0n) is 13.8. The van der Waals surface area contributed by atoms with E-state index in [0.29, 0.717) is 33.4 Å². The molecule has 1 aromatic heterocycles. The predicted molar refractivity (Wildman–Crippen MR) is 91.5 cm³/mol. The van der Waals surface area contributed by atoms with Gasteiger partial charge in [0.15, 0.2) is 0 Å². The average Bonchev–Trinajstić information content (AvgIpc) is 2.45. The van der Waals surface area contributed by atoms with Crippen LogP contribution in [0.4, 0.5) is 0 Å². The van der Waals surface area contributed by atoms with Crippen LogP contribution in [-0.4, -0.2) is 12.2 Å². The third-order valence-corrected chi connectivity index (χ3v) is 3.36. The van der Waals surface area contributed by atoms with Gasteiger partial charge in [0, 0.05) is 12.1 Å². The lowest BCUT2D eigenvalue weighted by Crippen LogP contribution is -2.07. The van der Waals surface area contributed by atoms with Crippen LogP contribution in [0.25, 0.3) is 21.9 Å². The topological polar surface area (TPSA) is 48.7 Å². The van der Waals surface area contributed by atoms with Crippen molar-refractivity contribution in [2.24, 2.45) is 0 Å². The van der Waals surface area contributed by atoms with Gasteiger partial charge in [-0.25, -0.2) is 0 Å². The Morgan fingerprint density at radius 3 is 1.61 bits per heavy atom. The van der Waals surface area contributed by atoms with E-state index in [4.69, 9.17) is 13.9 Å². The first-order valence-electron chi connectivity index (χ1n) is 7.78. The fourth-order valence-corrected chi connectivity index (χ4v) is 2.50. The summed E-state index contributed by atoms with van der Waals surface area (Å²) in [5.41, 5.74) is 0.984. The van der Waals surface area contributed by atoms with E-state index in [9.17, 15) is 4.79 Å². The van der Waals surface area contributed by atoms with Crippen molar-refractivity contribution in [1.29, 1.82) is 0 Å². The van der Waals surface area contributed by atoms with Gasteiger partial charge in [0.25, 0.3) is 0 Å². The van der Waals surface area contributed by atoms with Crippen LogP contribution in [0.15, 0.2) is 45.6 Å². The molecule has 23 heavy (non-hydrogen) atoms. The summed E-state index contributed by atoms with van der Waals surface area (Å²) in [7, 11) is 0. The number of benzene rings is 2. The quantitative estimate of drug-likeness (QED) is 0.665. The molecule has 0 spiro atoms. The van der Waals surface area contributed by atoms with Gasteiger partial charge in [0.05, 0.1) is 23.0 Å². The third-order valence-electron chi connectivity index (χ3n) is 3.36. The normalized spacial score (nSPS) is 11.6. The van der Waals surface area contributed by atoms with Gasteiger partial charge in [0.1, 0.15) is 22.7 Å². The number of rotatable bonds is 4. The summed E-state index contributed by atoms with van der Waals surface area (Å²) in [6.45, 7) is 7.82. The molecular weight excluding hydrogens is 292 g/mol. The van der Waals surface area contributed by atoms with E-state index in [1.807, 2.05) is 27.7 Å². The van der Waals surface area contributed by atoms with Gasteiger partial charge < -0.3 is 13.9 Å². The molecule has 0 aliphatic carbocycles. The molecule has 0 saturated carbocycles. The zero-order valence-corrected chi connectivity index (χ0v) is 13.8. The molecule has 0 bridgehead atoms. The molecule has 0 N–H and O–H groups in total. The van der Waals surface area contributed by atoms with Crippen molar-refractivity contribution in [3.63, 3.8) is 0 Å². The van der Waals surface area contributed by atoms with Gasteiger partial charge >= 0.3 is 0 Å². The first-order valence-corrected chi connectivity index (χ1v) is 7.78. The smallest absolute Gasteiger partial charge is 0.200 e. The molecule has 0 atom stereocenters. The molecule has 4 heteroatoms. The van der Waals surface area contributed by atoms with Crippen LogP contribution in [0.2, 0.25) is 0 Å². The van der Waals surface area contributed by atoms with Crippen molar-refractivity contribution < 1.29 is 13.9 Å². The second-order valence-corrected chi connectivity index (χ2v) is 6.08. The summed E-state index contributed by atoms with van der Waals surface area (Å²) >= 11 is 0. The summed E-state index contributed by atoms with van der Waals surface area (Å²) in [5.74, 6) is 1.37. The Balaban J connectivity index is 2.17. The standard InChI is InChI=1S/C19H20O4/c1-11(2)21-13-5-7-15-17(9-13)23-18-10-14(22-12(3)4)6-8-16(18)19(15)20/h5-12H,1-4H3. The number of ether oxygens (including phenoxy) is 2. The third kappa shape index (κ3) is 3.16. The van der Waals surface area contributed by atoms with Crippen LogP contribution in [0.1, 0.15) is 27.7 Å². The molecule has 4 nitrogen and oxygen atoms in total. The molecule has 2 aromatic carbocycles. The molecule has 3 rings (SSSR count). The van der Waals surface area contributed by atoms with E-state index in [0.717, 1.165) is 0 Å². The first kappa shape index (κ1) is 15.4. The number of fused-ring (bicyclic) bond motifs is 2. The Morgan fingerprint density at radius 1 is 0.783 bits per heavy atom. The maximum absolute atomic E-state index is 12.6. The molecular formula is C19H20O4. The highest BCUT2D eigenvalue weighted by Crippen LogP contribution is 2.26. The fourth-order valence-electron chi connectivity index (χ4n) is 2.50. The van der Waals surface area contributed by atoms with Crippen LogP contribution in [0, 0.1) is 0 Å². The van der Waals surface area contributed by atoms with E-state index in [1.54, 1.807) is 36.4 Å². The monoisotopic (exact) mass is 312 g/mol. The lowest BCUT2D eigenvalue weighted by atomic mass is 10.1. The van der Waals surface area contributed by atoms with E-state index < -0.39 is 0 Å². The van der Waals surface area contributed by atoms with E-state index in [-0.39, 0.29) is 17.6 Å². The molecule has 0 saturated heterocycles. The van der Waals surface area contributed by atoms with Gasteiger partial charge in [-0.15, -0.1) is 0 Å². The fraction of sp³-hybridized carbons (Fsp3) is 0.316. The summed E-state index contributed by atoms with van der Waals surface area (Å²) in [4.78, 5) is 12.6. The zero-order chi connectivity index (χ0) is 16.6. The maximum atomic E-state index is 12.6. The highest BCUT2D eigenvalue weighted by atomic mass is 16.5. The molecule has 0 amide bonds. The van der Waals surface area contributed by atoms with Gasteiger partial charge in [-0.05, 0) is 52.0 Å². The van der Waals surface area contributed by atoms with Crippen molar-refractivity contribution >= 4 is 21.9 Å². The van der Waals surface area contributed by atoms with Crippen LogP contribution in [0.3, 0.4) is 0 Å². The van der Waals surface area contributed by atoms with Crippen LogP contribution in [-0.2, 0) is 0 Å². The lowest BCUT2D eigenvalue weighted by Gasteiger charge is -2.11. The van der Waals surface area contributed by atoms with Crippen LogP contribution < -0.4 is 14.9 Å². The minimum absolute atomic E-state index is 0.0477. The minimum Gasteiger partial charge on any atom is -0.491 e. The summed E-state index contributed by atoms with van der Waals surface area (Å²) in [5, 5.41) is 1.09. The van der Waals surface area contributed by atoms with Crippen molar-refractivity contribution in [2.75, 3.05) is 0 Å². The van der Waals surface area contributed by atoms with Gasteiger partial charge in [-0.2, -0.15) is 0 Å². The molecule has 0 aliphatic rings. The van der Waals surface area contributed by atoms with Crippen molar-refractivity contribution in [3.05, 3.63) is 46.6 Å². The summed E-state index contributed by atoms with van der Waals surface area (Å²) in [6.07, 6.45) is 0.122. The molecule has 0 aliphatic heterocycles. The molecule has 0 fully saturated rings. The van der Waals surface area contributed by atoms with E-state index in [2.05, 4.69) is 0 Å². The van der Waals surface area contributed by atoms with Crippen molar-refractivity contribution in [1.82, 2.24) is 0 Å². The highest BCUT2D eigenvalue weighted by molar-refractivity contribution is 5.90. The van der Waals surface area contributed by atoms with Gasteiger partial charge in [0.2, 0.25) is 5.43 Å². The minimum atomic E-state index is -0.0477. The van der Waals surface area contributed by atoms with Gasteiger partial charge in [-0.3, -0.25) is 4.79 Å². The molecule has 3 aromatic rings. The van der Waals surface area contributed by atoms with E-state index in [1.165, 1.54) is 0 Å². The van der Waals surface area contributed by atoms with Gasteiger partial charge in [-0.1, -0.05) is 0 Å². The Bertz CT molecular complexity index is 835. The highest BCUT2D eigenvalue weighted by Gasteiger charge is 2.11. The first-order chi connectivity index (χ1) is 10.9. The largest absolute Gasteiger partial charge is 0.491 e. The maximum Gasteiger partial charge on any atom is 0.200 e. The predicted octanol–water partition coefficient (Wildman–Crippen LogP) is 4.52.